The van der Waals surface area contributed by atoms with Crippen molar-refractivity contribution < 1.29 is 0 Å². The van der Waals surface area contributed by atoms with Crippen LogP contribution < -0.4 is 0 Å². The van der Waals surface area contributed by atoms with Gasteiger partial charge >= 0.3 is 0 Å². The summed E-state index contributed by atoms with van der Waals surface area (Å²) in [5.41, 5.74) is 0. The van der Waals surface area contributed by atoms with Crippen LogP contribution in [0.1, 0.15) is 0 Å². The highest BCUT2D eigenvalue weighted by molar-refractivity contribution is 5.99. The van der Waals surface area contributed by atoms with Gasteiger partial charge in [-0.05, 0) is 33.7 Å². The largest absolute Gasteiger partial charge is 0.0610 e. The molecule has 0 amide bonds. The zero-order valence-corrected chi connectivity index (χ0v) is 6.62. The molecule has 0 heteroatoms. The smallest absolute Gasteiger partial charge is 0.0178 e. The predicted molar refractivity (Wildman–Crippen MR) is 52.6 cm³/mol. The standard InChI is InChI=1S/C12H8/c1-3-9-7-10(4-1)12-6-2-5-11(9)8-12/h1-8H. The molecule has 0 unspecified atom stereocenters. The normalized spacial score (nSPS) is 11.3. The average Bonchev–Trinajstić information content (AvgIpc) is 2.17. The molecule has 0 saturated heterocycles. The van der Waals surface area contributed by atoms with Crippen LogP contribution in [-0.2, 0) is 0 Å². The third-order valence-corrected chi connectivity index (χ3v) is 2.39. The van der Waals surface area contributed by atoms with Crippen LogP contribution in [0.4, 0.5) is 0 Å². The van der Waals surface area contributed by atoms with Gasteiger partial charge in [-0.1, -0.05) is 36.4 Å². The first-order chi connectivity index (χ1) is 5.93. The molecule has 0 nitrogen and oxygen atoms in total. The topological polar surface area (TPSA) is 0 Å². The zero-order chi connectivity index (χ0) is 7.97. The molecule has 0 fully saturated rings. The molecule has 56 valence electrons. The highest BCUT2D eigenvalue weighted by Gasteiger charge is 1.97. The fourth-order valence-electron chi connectivity index (χ4n) is 1.76. The molecule has 0 aliphatic carbocycles. The van der Waals surface area contributed by atoms with Crippen LogP contribution in [0.15, 0.2) is 48.5 Å². The summed E-state index contributed by atoms with van der Waals surface area (Å²) in [6.07, 6.45) is 0. The van der Waals surface area contributed by atoms with E-state index in [-0.39, 0.29) is 0 Å². The molecular formula is C12H8. The monoisotopic (exact) mass is 152 g/mol. The number of fused-ring (bicyclic) bond motifs is 6. The fourth-order valence-corrected chi connectivity index (χ4v) is 1.76. The molecule has 0 aromatic heterocycles. The Labute approximate surface area is 70.8 Å². The lowest BCUT2D eigenvalue weighted by Gasteiger charge is -2.02. The van der Waals surface area contributed by atoms with E-state index in [0.717, 1.165) is 0 Å². The number of benzene rings is 3. The second-order valence-corrected chi connectivity index (χ2v) is 3.16. The molecule has 0 N–H and O–H groups in total. The SMILES string of the molecule is c1cc2cc(c1)c1cccc2c1. The van der Waals surface area contributed by atoms with E-state index in [1.807, 2.05) is 0 Å². The Morgan fingerprint density at radius 2 is 0.833 bits per heavy atom. The Bertz CT molecular complexity index is 432. The second kappa shape index (κ2) is 1.98. The van der Waals surface area contributed by atoms with Crippen LogP contribution in [0.3, 0.4) is 0 Å². The van der Waals surface area contributed by atoms with E-state index < -0.39 is 0 Å². The van der Waals surface area contributed by atoms with Crippen LogP contribution in [-0.4, -0.2) is 0 Å². The van der Waals surface area contributed by atoms with Crippen molar-refractivity contribution in [2.24, 2.45) is 0 Å². The lowest BCUT2D eigenvalue weighted by atomic mass is 10.0. The van der Waals surface area contributed by atoms with Crippen molar-refractivity contribution in [3.63, 3.8) is 0 Å². The lowest BCUT2D eigenvalue weighted by Crippen LogP contribution is -1.76. The van der Waals surface area contributed by atoms with Gasteiger partial charge in [-0.2, -0.15) is 0 Å². The van der Waals surface area contributed by atoms with Crippen molar-refractivity contribution in [1.82, 2.24) is 0 Å². The van der Waals surface area contributed by atoms with Gasteiger partial charge in [-0.3, -0.25) is 0 Å². The van der Waals surface area contributed by atoms with Gasteiger partial charge in [0.05, 0.1) is 0 Å². The van der Waals surface area contributed by atoms with E-state index in [4.69, 9.17) is 0 Å². The molecule has 0 saturated carbocycles. The summed E-state index contributed by atoms with van der Waals surface area (Å²) in [6.45, 7) is 0. The van der Waals surface area contributed by atoms with E-state index in [1.54, 1.807) is 0 Å². The zero-order valence-electron chi connectivity index (χ0n) is 6.62. The van der Waals surface area contributed by atoms with Crippen molar-refractivity contribution in [2.45, 2.75) is 0 Å². The van der Waals surface area contributed by atoms with E-state index in [2.05, 4.69) is 48.5 Å². The van der Waals surface area contributed by atoms with Gasteiger partial charge in [-0.15, -0.1) is 0 Å². The van der Waals surface area contributed by atoms with E-state index >= 15 is 0 Å². The molecule has 3 rings (SSSR count). The van der Waals surface area contributed by atoms with Crippen molar-refractivity contribution >= 4 is 21.5 Å². The highest BCUT2D eigenvalue weighted by Crippen LogP contribution is 2.23. The molecule has 0 aliphatic rings. The first-order valence-corrected chi connectivity index (χ1v) is 4.14. The molecule has 4 bridgehead atoms. The number of hydrogen-bond donors (Lipinski definition) is 0. The molecule has 3 aromatic carbocycles. The van der Waals surface area contributed by atoms with Crippen molar-refractivity contribution in [2.75, 3.05) is 0 Å². The maximum absolute atomic E-state index is 2.24. The van der Waals surface area contributed by atoms with Crippen LogP contribution in [0.2, 0.25) is 0 Å². The Balaban J connectivity index is 2.74. The summed E-state index contributed by atoms with van der Waals surface area (Å²) in [6, 6.07) is 17.3. The van der Waals surface area contributed by atoms with E-state index in [0.29, 0.717) is 0 Å². The third-order valence-electron chi connectivity index (χ3n) is 2.39. The average molecular weight is 152 g/mol. The van der Waals surface area contributed by atoms with Gasteiger partial charge < -0.3 is 0 Å². The fraction of sp³-hybridized carbons (Fsp3) is 0. The van der Waals surface area contributed by atoms with Crippen molar-refractivity contribution in [3.05, 3.63) is 48.5 Å². The lowest BCUT2D eigenvalue weighted by molar-refractivity contribution is 1.77. The second-order valence-electron chi connectivity index (χ2n) is 3.16. The summed E-state index contributed by atoms with van der Waals surface area (Å²) in [7, 11) is 0. The molecule has 12 heavy (non-hydrogen) atoms. The van der Waals surface area contributed by atoms with Gasteiger partial charge in [0.2, 0.25) is 0 Å². The number of rotatable bonds is 0. The molecule has 0 radical (unpaired) electrons. The molecule has 3 aromatic rings. The van der Waals surface area contributed by atoms with Crippen molar-refractivity contribution in [1.29, 1.82) is 0 Å². The van der Waals surface area contributed by atoms with Crippen LogP contribution in [0.5, 0.6) is 0 Å². The van der Waals surface area contributed by atoms with E-state index in [1.165, 1.54) is 21.5 Å². The van der Waals surface area contributed by atoms with Gasteiger partial charge in [0.25, 0.3) is 0 Å². The van der Waals surface area contributed by atoms with Crippen LogP contribution in [0.25, 0.3) is 21.5 Å². The quantitative estimate of drug-likeness (QED) is 0.463. The number of hydrogen-bond acceptors (Lipinski definition) is 0. The van der Waals surface area contributed by atoms with Gasteiger partial charge in [0.15, 0.2) is 0 Å². The third kappa shape index (κ3) is 0.668. The minimum Gasteiger partial charge on any atom is -0.0610 e. The Morgan fingerprint density at radius 1 is 0.500 bits per heavy atom. The predicted octanol–water partition coefficient (Wildman–Crippen LogP) is 3.43. The van der Waals surface area contributed by atoms with Gasteiger partial charge in [0.1, 0.15) is 0 Å². The molecular weight excluding hydrogens is 144 g/mol. The van der Waals surface area contributed by atoms with Gasteiger partial charge in [0, 0.05) is 0 Å². The highest BCUT2D eigenvalue weighted by atomic mass is 14.0. The Morgan fingerprint density at radius 3 is 1.17 bits per heavy atom. The minimum atomic E-state index is 1.33. The summed E-state index contributed by atoms with van der Waals surface area (Å²) >= 11 is 0. The van der Waals surface area contributed by atoms with Crippen molar-refractivity contribution in [3.8, 4) is 0 Å². The summed E-state index contributed by atoms with van der Waals surface area (Å²) < 4.78 is 0. The Hall–Kier alpha value is -1.56. The first-order valence-electron chi connectivity index (χ1n) is 4.14. The molecule has 0 aliphatic heterocycles. The maximum Gasteiger partial charge on any atom is -0.0178 e. The minimum absolute atomic E-state index is 1.33. The summed E-state index contributed by atoms with van der Waals surface area (Å²) in [4.78, 5) is 0. The first kappa shape index (κ1) is 6.01. The maximum atomic E-state index is 2.24. The van der Waals surface area contributed by atoms with Crippen LogP contribution >= 0.6 is 0 Å². The molecule has 0 atom stereocenters. The molecule has 0 spiro atoms. The molecule has 0 heterocycles. The van der Waals surface area contributed by atoms with E-state index in [9.17, 15) is 0 Å². The summed E-state index contributed by atoms with van der Waals surface area (Å²) in [5, 5.41) is 5.34. The van der Waals surface area contributed by atoms with Crippen LogP contribution in [0, 0.1) is 0 Å². The Kier molecular flexibility index (Phi) is 0.991. The summed E-state index contributed by atoms with van der Waals surface area (Å²) in [5.74, 6) is 0. The van der Waals surface area contributed by atoms with Gasteiger partial charge in [-0.25, -0.2) is 0 Å².